The van der Waals surface area contributed by atoms with Gasteiger partial charge in [-0.25, -0.2) is 13.9 Å². The van der Waals surface area contributed by atoms with Gasteiger partial charge in [-0.15, -0.1) is 24.0 Å². The SMILES string of the molecule is Cl.O=C(NC[C@H](O)CCl)c1cnn2ccc(N3CCC[C@@H]3c3cc(F)c[nH]c3=O)nc12. The number of aromatic amines is 1. The van der Waals surface area contributed by atoms with Crippen molar-refractivity contribution in [3.05, 3.63) is 58.0 Å². The number of carbonyl (C=O) groups excluding carboxylic acids is 1. The Morgan fingerprint density at radius 3 is 3.06 bits per heavy atom. The average molecular weight is 471 g/mol. The summed E-state index contributed by atoms with van der Waals surface area (Å²) >= 11 is 5.55. The molecule has 31 heavy (non-hydrogen) atoms. The molecule has 1 amide bonds. The van der Waals surface area contributed by atoms with Crippen LogP contribution in [0, 0.1) is 5.82 Å². The van der Waals surface area contributed by atoms with Crippen LogP contribution in [0.4, 0.5) is 10.2 Å². The van der Waals surface area contributed by atoms with Crippen molar-refractivity contribution in [2.75, 3.05) is 23.9 Å². The smallest absolute Gasteiger partial charge is 0.256 e. The molecule has 3 aromatic heterocycles. The van der Waals surface area contributed by atoms with Crippen molar-refractivity contribution in [2.45, 2.75) is 25.0 Å². The van der Waals surface area contributed by atoms with Gasteiger partial charge in [0.05, 0.1) is 24.2 Å². The first kappa shape index (κ1) is 23.0. The van der Waals surface area contributed by atoms with Gasteiger partial charge in [-0.1, -0.05) is 0 Å². The fraction of sp³-hybridized carbons (Fsp3) is 0.368. The number of aliphatic hydroxyl groups excluding tert-OH is 1. The van der Waals surface area contributed by atoms with Gasteiger partial charge in [-0.3, -0.25) is 9.59 Å². The van der Waals surface area contributed by atoms with Crippen molar-refractivity contribution >= 4 is 41.4 Å². The largest absolute Gasteiger partial charge is 0.390 e. The molecular formula is C19H21Cl2FN6O3. The zero-order valence-electron chi connectivity index (χ0n) is 16.3. The Morgan fingerprint density at radius 2 is 2.29 bits per heavy atom. The molecule has 4 heterocycles. The molecule has 2 atom stereocenters. The number of hydrogen-bond donors (Lipinski definition) is 3. The van der Waals surface area contributed by atoms with Crippen LogP contribution >= 0.6 is 24.0 Å². The van der Waals surface area contributed by atoms with Crippen LogP contribution in [0.1, 0.15) is 34.8 Å². The third-order valence-electron chi connectivity index (χ3n) is 5.08. The second-order valence-corrected chi connectivity index (χ2v) is 7.39. The van der Waals surface area contributed by atoms with Crippen LogP contribution < -0.4 is 15.8 Å². The molecule has 0 spiro atoms. The molecule has 0 aromatic carbocycles. The number of aromatic nitrogens is 4. The summed E-state index contributed by atoms with van der Waals surface area (Å²) in [6.07, 6.45) is 4.75. The van der Waals surface area contributed by atoms with E-state index in [9.17, 15) is 19.1 Å². The molecule has 1 saturated heterocycles. The van der Waals surface area contributed by atoms with Crippen molar-refractivity contribution < 1.29 is 14.3 Å². The number of nitrogens with zero attached hydrogens (tertiary/aromatic N) is 4. The van der Waals surface area contributed by atoms with Gasteiger partial charge in [0.2, 0.25) is 0 Å². The van der Waals surface area contributed by atoms with Gasteiger partial charge in [0.1, 0.15) is 17.2 Å². The van der Waals surface area contributed by atoms with E-state index >= 15 is 0 Å². The normalized spacial score (nSPS) is 16.9. The van der Waals surface area contributed by atoms with Crippen LogP contribution in [0.15, 0.2) is 35.5 Å². The second kappa shape index (κ2) is 9.63. The van der Waals surface area contributed by atoms with E-state index in [-0.39, 0.29) is 42.0 Å². The molecule has 3 aromatic rings. The zero-order valence-corrected chi connectivity index (χ0v) is 17.9. The maximum absolute atomic E-state index is 13.7. The van der Waals surface area contributed by atoms with E-state index < -0.39 is 17.8 Å². The van der Waals surface area contributed by atoms with Gasteiger partial charge >= 0.3 is 0 Å². The number of pyridine rings is 1. The molecule has 9 nitrogen and oxygen atoms in total. The molecule has 0 radical (unpaired) electrons. The van der Waals surface area contributed by atoms with Crippen LogP contribution in [-0.2, 0) is 0 Å². The highest BCUT2D eigenvalue weighted by Gasteiger charge is 2.30. The number of alkyl halides is 1. The molecule has 0 unspecified atom stereocenters. The van der Waals surface area contributed by atoms with Gasteiger partial charge in [0.25, 0.3) is 11.5 Å². The number of nitrogens with one attached hydrogen (secondary N) is 2. The molecule has 3 N–H and O–H groups in total. The first-order chi connectivity index (χ1) is 14.5. The lowest BCUT2D eigenvalue weighted by molar-refractivity contribution is 0.0927. The predicted octanol–water partition coefficient (Wildman–Crippen LogP) is 1.65. The Balaban J connectivity index is 0.00000272. The molecule has 4 rings (SSSR count). The summed E-state index contributed by atoms with van der Waals surface area (Å²) in [5.74, 6) is -0.372. The fourth-order valence-corrected chi connectivity index (χ4v) is 3.73. The number of halogens is 3. The minimum Gasteiger partial charge on any atom is -0.390 e. The predicted molar refractivity (Wildman–Crippen MR) is 116 cm³/mol. The summed E-state index contributed by atoms with van der Waals surface area (Å²) in [6.45, 7) is 0.650. The molecule has 1 aliphatic heterocycles. The van der Waals surface area contributed by atoms with E-state index in [0.717, 1.165) is 12.6 Å². The number of anilines is 1. The number of aliphatic hydroxyl groups is 1. The average Bonchev–Trinajstić information content (AvgIpc) is 3.40. The van der Waals surface area contributed by atoms with E-state index in [2.05, 4.69) is 20.4 Å². The van der Waals surface area contributed by atoms with Crippen LogP contribution in [0.25, 0.3) is 5.65 Å². The topological polar surface area (TPSA) is 116 Å². The van der Waals surface area contributed by atoms with E-state index in [1.54, 1.807) is 12.3 Å². The van der Waals surface area contributed by atoms with Crippen LogP contribution in [0.3, 0.4) is 0 Å². The third kappa shape index (κ3) is 4.65. The second-order valence-electron chi connectivity index (χ2n) is 7.08. The highest BCUT2D eigenvalue weighted by Crippen LogP contribution is 2.34. The fourth-order valence-electron chi connectivity index (χ4n) is 3.63. The summed E-state index contributed by atoms with van der Waals surface area (Å²) in [4.78, 5) is 33.6. The molecule has 1 aliphatic rings. The molecular weight excluding hydrogens is 450 g/mol. The highest BCUT2D eigenvalue weighted by atomic mass is 35.5. The van der Waals surface area contributed by atoms with Gasteiger partial charge in [0.15, 0.2) is 5.65 Å². The van der Waals surface area contributed by atoms with Gasteiger partial charge in [-0.05, 0) is 25.0 Å². The highest BCUT2D eigenvalue weighted by molar-refractivity contribution is 6.18. The van der Waals surface area contributed by atoms with Crippen LogP contribution in [0.2, 0.25) is 0 Å². The number of amides is 1. The number of rotatable bonds is 6. The molecule has 1 fully saturated rings. The molecule has 12 heteroatoms. The van der Waals surface area contributed by atoms with Crippen molar-refractivity contribution in [1.82, 2.24) is 24.9 Å². The third-order valence-corrected chi connectivity index (χ3v) is 5.43. The Bertz CT molecular complexity index is 1140. The Hall–Kier alpha value is -2.69. The maximum atomic E-state index is 13.7. The number of carbonyl (C=O) groups is 1. The standard InChI is InChI=1S/C19H20ClFN6O3.ClH/c20-7-12(28)9-23-19(30)14-10-24-27-5-3-16(25-17(14)27)26-4-1-2-15(26)13-6-11(21)8-22-18(13)29;/h3,5-6,8,10,12,15,28H,1-2,4,7,9H2,(H,22,29)(H,23,30);1H/t12-,15-;/m1./s1. The summed E-state index contributed by atoms with van der Waals surface area (Å²) in [6, 6.07) is 2.67. The quantitative estimate of drug-likeness (QED) is 0.471. The monoisotopic (exact) mass is 470 g/mol. The molecule has 0 bridgehead atoms. The molecule has 0 saturated carbocycles. The first-order valence-electron chi connectivity index (χ1n) is 9.49. The Labute approximate surface area is 187 Å². The minimum atomic E-state index is -0.851. The van der Waals surface area contributed by atoms with E-state index in [1.807, 2.05) is 4.90 Å². The zero-order chi connectivity index (χ0) is 21.3. The van der Waals surface area contributed by atoms with E-state index in [1.165, 1.54) is 16.8 Å². The van der Waals surface area contributed by atoms with Crippen molar-refractivity contribution in [2.24, 2.45) is 0 Å². The lowest BCUT2D eigenvalue weighted by Crippen LogP contribution is -2.33. The lowest BCUT2D eigenvalue weighted by Gasteiger charge is -2.25. The number of H-pyrrole nitrogens is 1. The Morgan fingerprint density at radius 1 is 1.48 bits per heavy atom. The van der Waals surface area contributed by atoms with Crippen LogP contribution in [0.5, 0.6) is 0 Å². The number of hydrogen-bond acceptors (Lipinski definition) is 6. The van der Waals surface area contributed by atoms with Crippen molar-refractivity contribution in [3.8, 4) is 0 Å². The summed E-state index contributed by atoms with van der Waals surface area (Å²) in [5, 5.41) is 16.3. The van der Waals surface area contributed by atoms with Gasteiger partial charge in [0, 0.05) is 31.0 Å². The maximum Gasteiger partial charge on any atom is 0.256 e. The first-order valence-corrected chi connectivity index (χ1v) is 10.0. The summed E-state index contributed by atoms with van der Waals surface area (Å²) < 4.78 is 15.2. The molecule has 166 valence electrons. The van der Waals surface area contributed by atoms with E-state index in [4.69, 9.17) is 11.6 Å². The summed E-state index contributed by atoms with van der Waals surface area (Å²) in [7, 11) is 0. The van der Waals surface area contributed by atoms with Crippen molar-refractivity contribution in [1.29, 1.82) is 0 Å². The Kier molecular flexibility index (Phi) is 7.14. The van der Waals surface area contributed by atoms with Crippen LogP contribution in [-0.4, -0.2) is 55.7 Å². The van der Waals surface area contributed by atoms with E-state index in [0.29, 0.717) is 30.0 Å². The summed E-state index contributed by atoms with van der Waals surface area (Å²) in [5.41, 5.74) is 0.592. The minimum absolute atomic E-state index is 0. The van der Waals surface area contributed by atoms with Gasteiger partial charge < -0.3 is 20.3 Å². The van der Waals surface area contributed by atoms with Gasteiger partial charge in [-0.2, -0.15) is 5.10 Å². The molecule has 0 aliphatic carbocycles. The lowest BCUT2D eigenvalue weighted by atomic mass is 10.1. The van der Waals surface area contributed by atoms with Crippen molar-refractivity contribution in [3.63, 3.8) is 0 Å². The number of fused-ring (bicyclic) bond motifs is 1.